The van der Waals surface area contributed by atoms with Crippen LogP contribution in [0.4, 0.5) is 0 Å². The normalized spacial score (nSPS) is 10.7. The Kier molecular flexibility index (Phi) is 8.20. The molecule has 0 N–H and O–H groups in total. The molecule has 0 aromatic heterocycles. The number of esters is 1. The van der Waals surface area contributed by atoms with Gasteiger partial charge in [-0.15, -0.1) is 0 Å². The summed E-state index contributed by atoms with van der Waals surface area (Å²) in [4.78, 5) is 11.4. The first-order chi connectivity index (χ1) is 9.76. The zero-order valence-electron chi connectivity index (χ0n) is 12.4. The smallest absolute Gasteiger partial charge is 0.330 e. The van der Waals surface area contributed by atoms with Gasteiger partial charge in [0, 0.05) is 6.08 Å². The van der Waals surface area contributed by atoms with Crippen molar-refractivity contribution in [2.45, 2.75) is 39.5 Å². The van der Waals surface area contributed by atoms with Crippen LogP contribution in [-0.2, 0) is 9.53 Å². The molecule has 1 rings (SSSR count). The standard InChI is InChI=1S/C17H24O3/c1-3-5-13-19-16-10-7-15(8-11-16)9-12-17(18)20-14-6-4-2/h7-12H,3-6,13-14H2,1-2H3/b12-9+. The van der Waals surface area contributed by atoms with E-state index >= 15 is 0 Å². The SMILES string of the molecule is CCCCOC(=O)/C=C/c1ccc(OCCCC)cc1. The first kappa shape index (κ1) is 16.3. The zero-order valence-corrected chi connectivity index (χ0v) is 12.4. The highest BCUT2D eigenvalue weighted by atomic mass is 16.5. The third kappa shape index (κ3) is 6.98. The fourth-order valence-corrected chi connectivity index (χ4v) is 1.54. The van der Waals surface area contributed by atoms with Crippen molar-refractivity contribution >= 4 is 12.0 Å². The van der Waals surface area contributed by atoms with Crippen LogP contribution in [0.5, 0.6) is 5.75 Å². The van der Waals surface area contributed by atoms with Crippen molar-refractivity contribution in [2.75, 3.05) is 13.2 Å². The highest BCUT2D eigenvalue weighted by molar-refractivity contribution is 5.87. The number of ether oxygens (including phenoxy) is 2. The minimum Gasteiger partial charge on any atom is -0.494 e. The molecule has 0 spiro atoms. The maximum Gasteiger partial charge on any atom is 0.330 e. The molecule has 0 heterocycles. The summed E-state index contributed by atoms with van der Waals surface area (Å²) in [6, 6.07) is 7.68. The molecule has 20 heavy (non-hydrogen) atoms. The van der Waals surface area contributed by atoms with E-state index in [0.717, 1.165) is 43.6 Å². The minimum absolute atomic E-state index is 0.290. The summed E-state index contributed by atoms with van der Waals surface area (Å²) >= 11 is 0. The maximum absolute atomic E-state index is 11.4. The van der Waals surface area contributed by atoms with Crippen LogP contribution in [0.15, 0.2) is 30.3 Å². The van der Waals surface area contributed by atoms with Gasteiger partial charge in [0.2, 0.25) is 0 Å². The van der Waals surface area contributed by atoms with Gasteiger partial charge in [0.1, 0.15) is 5.75 Å². The Morgan fingerprint density at radius 1 is 1.05 bits per heavy atom. The van der Waals surface area contributed by atoms with E-state index in [1.54, 1.807) is 6.08 Å². The molecule has 0 saturated carbocycles. The number of carbonyl (C=O) groups is 1. The van der Waals surface area contributed by atoms with E-state index in [2.05, 4.69) is 13.8 Å². The van der Waals surface area contributed by atoms with E-state index in [1.807, 2.05) is 24.3 Å². The number of unbranched alkanes of at least 4 members (excludes halogenated alkanes) is 2. The third-order valence-electron chi connectivity index (χ3n) is 2.80. The topological polar surface area (TPSA) is 35.5 Å². The van der Waals surface area contributed by atoms with Crippen LogP contribution in [0.3, 0.4) is 0 Å². The average molecular weight is 276 g/mol. The molecule has 0 aliphatic carbocycles. The van der Waals surface area contributed by atoms with Crippen LogP contribution in [-0.4, -0.2) is 19.2 Å². The number of benzene rings is 1. The molecule has 0 bridgehead atoms. The lowest BCUT2D eigenvalue weighted by Crippen LogP contribution is -2.01. The molecular formula is C17H24O3. The molecule has 1 aromatic carbocycles. The van der Waals surface area contributed by atoms with Gasteiger partial charge >= 0.3 is 5.97 Å². The average Bonchev–Trinajstić information content (AvgIpc) is 2.47. The summed E-state index contributed by atoms with van der Waals surface area (Å²) in [6.45, 7) is 5.43. The highest BCUT2D eigenvalue weighted by Crippen LogP contribution is 2.13. The Hall–Kier alpha value is -1.77. The molecule has 0 unspecified atom stereocenters. The second-order valence-electron chi connectivity index (χ2n) is 4.63. The fourth-order valence-electron chi connectivity index (χ4n) is 1.54. The second kappa shape index (κ2) is 10.1. The Labute approximate surface area is 121 Å². The molecule has 3 nitrogen and oxygen atoms in total. The molecule has 0 amide bonds. The lowest BCUT2D eigenvalue weighted by Gasteiger charge is -2.05. The van der Waals surface area contributed by atoms with Crippen LogP contribution < -0.4 is 4.74 Å². The predicted octanol–water partition coefficient (Wildman–Crippen LogP) is 4.22. The Bertz CT molecular complexity index is 407. The van der Waals surface area contributed by atoms with E-state index in [-0.39, 0.29) is 5.97 Å². The summed E-state index contributed by atoms with van der Waals surface area (Å²) < 4.78 is 10.6. The van der Waals surface area contributed by atoms with Crippen molar-refractivity contribution in [1.29, 1.82) is 0 Å². The van der Waals surface area contributed by atoms with Crippen molar-refractivity contribution in [3.05, 3.63) is 35.9 Å². The molecule has 0 aliphatic heterocycles. The Morgan fingerprint density at radius 2 is 1.70 bits per heavy atom. The minimum atomic E-state index is -0.290. The first-order valence-corrected chi connectivity index (χ1v) is 7.34. The largest absolute Gasteiger partial charge is 0.494 e. The molecular weight excluding hydrogens is 252 g/mol. The van der Waals surface area contributed by atoms with Gasteiger partial charge in [0.25, 0.3) is 0 Å². The molecule has 0 radical (unpaired) electrons. The van der Waals surface area contributed by atoms with E-state index in [0.29, 0.717) is 6.61 Å². The van der Waals surface area contributed by atoms with Gasteiger partial charge in [-0.25, -0.2) is 4.79 Å². The van der Waals surface area contributed by atoms with Gasteiger partial charge in [-0.1, -0.05) is 38.8 Å². The summed E-state index contributed by atoms with van der Waals surface area (Å²) in [5.74, 6) is 0.572. The van der Waals surface area contributed by atoms with Crippen molar-refractivity contribution in [3.8, 4) is 5.75 Å². The molecule has 0 saturated heterocycles. The quantitative estimate of drug-likeness (QED) is 0.385. The molecule has 0 atom stereocenters. The number of rotatable bonds is 9. The van der Waals surface area contributed by atoms with Crippen LogP contribution in [0.1, 0.15) is 45.1 Å². The van der Waals surface area contributed by atoms with Crippen LogP contribution in [0.25, 0.3) is 6.08 Å². The summed E-state index contributed by atoms with van der Waals surface area (Å²) in [7, 11) is 0. The lowest BCUT2D eigenvalue weighted by molar-refractivity contribution is -0.137. The Balaban J connectivity index is 2.38. The van der Waals surface area contributed by atoms with E-state index < -0.39 is 0 Å². The monoisotopic (exact) mass is 276 g/mol. The van der Waals surface area contributed by atoms with Gasteiger partial charge in [-0.3, -0.25) is 0 Å². The van der Waals surface area contributed by atoms with Crippen molar-refractivity contribution < 1.29 is 14.3 Å². The molecule has 110 valence electrons. The number of carbonyl (C=O) groups excluding carboxylic acids is 1. The van der Waals surface area contributed by atoms with Crippen LogP contribution >= 0.6 is 0 Å². The van der Waals surface area contributed by atoms with Gasteiger partial charge in [0.05, 0.1) is 13.2 Å². The molecule has 3 heteroatoms. The van der Waals surface area contributed by atoms with E-state index in [9.17, 15) is 4.79 Å². The zero-order chi connectivity index (χ0) is 14.6. The predicted molar refractivity (Wildman–Crippen MR) is 81.7 cm³/mol. The van der Waals surface area contributed by atoms with Crippen molar-refractivity contribution in [1.82, 2.24) is 0 Å². The fraction of sp³-hybridized carbons (Fsp3) is 0.471. The molecule has 0 aliphatic rings. The second-order valence-corrected chi connectivity index (χ2v) is 4.63. The summed E-state index contributed by atoms with van der Waals surface area (Å²) in [5, 5.41) is 0. The van der Waals surface area contributed by atoms with Gasteiger partial charge in [0.15, 0.2) is 0 Å². The van der Waals surface area contributed by atoms with Crippen molar-refractivity contribution in [2.24, 2.45) is 0 Å². The number of hydrogen-bond acceptors (Lipinski definition) is 3. The molecule has 0 fully saturated rings. The summed E-state index contributed by atoms with van der Waals surface area (Å²) in [5.41, 5.74) is 0.959. The number of hydrogen-bond donors (Lipinski definition) is 0. The maximum atomic E-state index is 11.4. The third-order valence-corrected chi connectivity index (χ3v) is 2.80. The van der Waals surface area contributed by atoms with Gasteiger partial charge in [-0.05, 0) is 36.6 Å². The van der Waals surface area contributed by atoms with Crippen LogP contribution in [0.2, 0.25) is 0 Å². The van der Waals surface area contributed by atoms with Gasteiger partial charge in [-0.2, -0.15) is 0 Å². The first-order valence-electron chi connectivity index (χ1n) is 7.34. The lowest BCUT2D eigenvalue weighted by atomic mass is 10.2. The van der Waals surface area contributed by atoms with Crippen molar-refractivity contribution in [3.63, 3.8) is 0 Å². The van der Waals surface area contributed by atoms with E-state index in [1.165, 1.54) is 6.08 Å². The molecule has 1 aromatic rings. The van der Waals surface area contributed by atoms with Crippen LogP contribution in [0, 0.1) is 0 Å². The summed E-state index contributed by atoms with van der Waals surface area (Å²) in [6.07, 6.45) is 7.33. The Morgan fingerprint density at radius 3 is 2.35 bits per heavy atom. The van der Waals surface area contributed by atoms with E-state index in [4.69, 9.17) is 9.47 Å². The van der Waals surface area contributed by atoms with Gasteiger partial charge < -0.3 is 9.47 Å². The highest BCUT2D eigenvalue weighted by Gasteiger charge is 1.97.